The zero-order valence-corrected chi connectivity index (χ0v) is 7.36. The van der Waals surface area contributed by atoms with Crippen molar-refractivity contribution in [3.05, 3.63) is 0 Å². The second kappa shape index (κ2) is 2.48. The molecule has 2 saturated carbocycles. The maximum absolute atomic E-state index is 10.9. The molecule has 0 bridgehead atoms. The predicted octanol–water partition coefficient (Wildman–Crippen LogP) is 2.72. The number of carbonyl (C=O) groups excluding carboxylic acids is 1. The topological polar surface area (TPSA) is 17.1 Å². The van der Waals surface area contributed by atoms with Crippen LogP contribution in [0.25, 0.3) is 0 Å². The van der Waals surface area contributed by atoms with Crippen molar-refractivity contribution < 1.29 is 4.79 Å². The van der Waals surface area contributed by atoms with Crippen LogP contribution in [0.2, 0.25) is 0 Å². The minimum absolute atomic E-state index is 0.101. The molecule has 0 aromatic heterocycles. The van der Waals surface area contributed by atoms with E-state index in [4.69, 9.17) is 11.6 Å². The largest absolute Gasteiger partial charge is 0.281 e. The summed E-state index contributed by atoms with van der Waals surface area (Å²) in [7, 11) is 0. The predicted molar refractivity (Wildman–Crippen MR) is 44.5 cm³/mol. The van der Waals surface area contributed by atoms with Crippen molar-refractivity contribution in [1.29, 1.82) is 0 Å². The highest BCUT2D eigenvalue weighted by atomic mass is 35.5. The van der Waals surface area contributed by atoms with E-state index < -0.39 is 0 Å². The zero-order chi connectivity index (χ0) is 7.90. The van der Waals surface area contributed by atoms with Gasteiger partial charge in [-0.05, 0) is 49.1 Å². The molecule has 1 spiro atoms. The minimum Gasteiger partial charge on any atom is -0.281 e. The fourth-order valence-corrected chi connectivity index (χ4v) is 2.46. The Kier molecular flexibility index (Phi) is 1.71. The number of carbonyl (C=O) groups is 1. The van der Waals surface area contributed by atoms with Gasteiger partial charge >= 0.3 is 0 Å². The van der Waals surface area contributed by atoms with Crippen LogP contribution in [-0.2, 0) is 4.79 Å². The van der Waals surface area contributed by atoms with Gasteiger partial charge < -0.3 is 0 Å². The Bertz CT molecular complexity index is 184. The first-order valence-electron chi connectivity index (χ1n) is 4.41. The SMILES string of the molecule is O=C(Cl)[C@H]1CCCC2(CC2)C1. The molecule has 0 aliphatic heterocycles. The Morgan fingerprint density at radius 1 is 1.36 bits per heavy atom. The Morgan fingerprint density at radius 2 is 2.09 bits per heavy atom. The second-order valence-corrected chi connectivity index (χ2v) is 4.47. The van der Waals surface area contributed by atoms with E-state index in [1.165, 1.54) is 25.7 Å². The van der Waals surface area contributed by atoms with Crippen molar-refractivity contribution >= 4 is 16.8 Å². The van der Waals surface area contributed by atoms with E-state index in [2.05, 4.69) is 0 Å². The van der Waals surface area contributed by atoms with Crippen molar-refractivity contribution in [3.63, 3.8) is 0 Å². The third-order valence-electron chi connectivity index (χ3n) is 3.22. The fourth-order valence-electron chi connectivity index (χ4n) is 2.27. The molecule has 11 heavy (non-hydrogen) atoms. The molecule has 1 atom stereocenters. The van der Waals surface area contributed by atoms with Crippen molar-refractivity contribution in [2.45, 2.75) is 38.5 Å². The molecule has 0 unspecified atom stereocenters. The van der Waals surface area contributed by atoms with Gasteiger partial charge in [0.15, 0.2) is 0 Å². The maximum Gasteiger partial charge on any atom is 0.224 e. The van der Waals surface area contributed by atoms with E-state index in [1.54, 1.807) is 0 Å². The molecule has 2 fully saturated rings. The summed E-state index contributed by atoms with van der Waals surface area (Å²) in [6.07, 6.45) is 7.34. The van der Waals surface area contributed by atoms with Gasteiger partial charge in [-0.25, -0.2) is 0 Å². The summed E-state index contributed by atoms with van der Waals surface area (Å²) >= 11 is 5.47. The van der Waals surface area contributed by atoms with Crippen LogP contribution in [0.1, 0.15) is 38.5 Å². The maximum atomic E-state index is 10.9. The average Bonchev–Trinajstić information content (AvgIpc) is 2.69. The summed E-state index contributed by atoms with van der Waals surface area (Å²) in [5, 5.41) is -0.101. The first-order valence-corrected chi connectivity index (χ1v) is 4.79. The van der Waals surface area contributed by atoms with Crippen LogP contribution in [0, 0.1) is 11.3 Å². The van der Waals surface area contributed by atoms with Gasteiger partial charge in [-0.2, -0.15) is 0 Å². The monoisotopic (exact) mass is 172 g/mol. The molecule has 0 heterocycles. The standard InChI is InChI=1S/C9H13ClO/c10-8(11)7-2-1-3-9(6-7)4-5-9/h7H,1-6H2/t7-/m0/s1. The Balaban J connectivity index is 1.98. The molecule has 1 nitrogen and oxygen atoms in total. The van der Waals surface area contributed by atoms with Gasteiger partial charge in [0.25, 0.3) is 0 Å². The summed E-state index contributed by atoms with van der Waals surface area (Å²) in [4.78, 5) is 10.9. The van der Waals surface area contributed by atoms with Gasteiger partial charge in [-0.3, -0.25) is 4.79 Å². The van der Waals surface area contributed by atoms with Crippen LogP contribution in [0.15, 0.2) is 0 Å². The normalized spacial score (nSPS) is 33.7. The van der Waals surface area contributed by atoms with E-state index in [9.17, 15) is 4.79 Å². The highest BCUT2D eigenvalue weighted by molar-refractivity contribution is 6.63. The quantitative estimate of drug-likeness (QED) is 0.556. The van der Waals surface area contributed by atoms with Crippen molar-refractivity contribution in [2.24, 2.45) is 11.3 Å². The van der Waals surface area contributed by atoms with Crippen LogP contribution >= 0.6 is 11.6 Å². The van der Waals surface area contributed by atoms with Crippen molar-refractivity contribution in [1.82, 2.24) is 0 Å². The van der Waals surface area contributed by atoms with Crippen LogP contribution in [0.4, 0.5) is 0 Å². The Morgan fingerprint density at radius 3 is 2.64 bits per heavy atom. The van der Waals surface area contributed by atoms with E-state index in [0.717, 1.165) is 12.8 Å². The van der Waals surface area contributed by atoms with Crippen LogP contribution in [0.3, 0.4) is 0 Å². The number of hydrogen-bond donors (Lipinski definition) is 0. The lowest BCUT2D eigenvalue weighted by atomic mass is 9.80. The van der Waals surface area contributed by atoms with E-state index >= 15 is 0 Å². The van der Waals surface area contributed by atoms with Crippen LogP contribution < -0.4 is 0 Å². The zero-order valence-electron chi connectivity index (χ0n) is 6.61. The van der Waals surface area contributed by atoms with Crippen molar-refractivity contribution in [3.8, 4) is 0 Å². The van der Waals surface area contributed by atoms with Gasteiger partial charge in [0.1, 0.15) is 0 Å². The smallest absolute Gasteiger partial charge is 0.224 e. The molecule has 2 aliphatic carbocycles. The lowest BCUT2D eigenvalue weighted by Crippen LogP contribution is -2.20. The third-order valence-corrected chi connectivity index (χ3v) is 3.53. The second-order valence-electron chi connectivity index (χ2n) is 4.10. The van der Waals surface area contributed by atoms with Crippen molar-refractivity contribution in [2.75, 3.05) is 0 Å². The summed E-state index contributed by atoms with van der Waals surface area (Å²) < 4.78 is 0. The lowest BCUT2D eigenvalue weighted by Gasteiger charge is -2.26. The summed E-state index contributed by atoms with van der Waals surface area (Å²) in [5.41, 5.74) is 0.577. The molecule has 0 N–H and O–H groups in total. The van der Waals surface area contributed by atoms with E-state index in [0.29, 0.717) is 5.41 Å². The number of halogens is 1. The van der Waals surface area contributed by atoms with Gasteiger partial charge in [-0.15, -0.1) is 0 Å². The number of hydrogen-bond acceptors (Lipinski definition) is 1. The molecule has 0 aromatic carbocycles. The third kappa shape index (κ3) is 1.44. The molecule has 62 valence electrons. The van der Waals surface area contributed by atoms with E-state index in [1.807, 2.05) is 0 Å². The summed E-state index contributed by atoms with van der Waals surface area (Å²) in [6.45, 7) is 0. The highest BCUT2D eigenvalue weighted by Gasteiger charge is 2.46. The van der Waals surface area contributed by atoms with Crippen LogP contribution in [-0.4, -0.2) is 5.24 Å². The van der Waals surface area contributed by atoms with Gasteiger partial charge in [-0.1, -0.05) is 6.42 Å². The first-order chi connectivity index (χ1) is 5.22. The van der Waals surface area contributed by atoms with Gasteiger partial charge in [0, 0.05) is 5.92 Å². The molecular weight excluding hydrogens is 160 g/mol. The molecule has 0 radical (unpaired) electrons. The fraction of sp³-hybridized carbons (Fsp3) is 0.889. The number of rotatable bonds is 1. The molecule has 2 aliphatic rings. The first kappa shape index (κ1) is 7.60. The van der Waals surface area contributed by atoms with Gasteiger partial charge in [0.05, 0.1) is 0 Å². The Labute approximate surface area is 72.1 Å². The molecule has 0 saturated heterocycles. The molecular formula is C9H13ClO. The average molecular weight is 173 g/mol. The molecule has 2 heteroatoms. The summed E-state index contributed by atoms with van der Waals surface area (Å²) in [5.74, 6) is 0.188. The van der Waals surface area contributed by atoms with E-state index in [-0.39, 0.29) is 11.2 Å². The summed E-state index contributed by atoms with van der Waals surface area (Å²) in [6, 6.07) is 0. The molecule has 0 aromatic rings. The minimum atomic E-state index is -0.101. The molecule has 2 rings (SSSR count). The highest BCUT2D eigenvalue weighted by Crippen LogP contribution is 2.57. The lowest BCUT2D eigenvalue weighted by molar-refractivity contribution is -0.116. The van der Waals surface area contributed by atoms with Crippen LogP contribution in [0.5, 0.6) is 0 Å². The Hall–Kier alpha value is -0.0400. The molecule has 0 amide bonds. The van der Waals surface area contributed by atoms with Gasteiger partial charge in [0.2, 0.25) is 5.24 Å².